The van der Waals surface area contributed by atoms with E-state index in [2.05, 4.69) is 15.0 Å². The third kappa shape index (κ3) is 2.85. The topological polar surface area (TPSA) is 75.5 Å². The highest BCUT2D eigenvalue weighted by atomic mass is 16.5. The van der Waals surface area contributed by atoms with Gasteiger partial charge in [0.2, 0.25) is 11.7 Å². The first-order valence-corrected chi connectivity index (χ1v) is 6.44. The summed E-state index contributed by atoms with van der Waals surface area (Å²) in [6.07, 6.45) is 3.12. The highest BCUT2D eigenvalue weighted by Crippen LogP contribution is 2.22. The van der Waals surface area contributed by atoms with Crippen molar-refractivity contribution >= 4 is 0 Å². The summed E-state index contributed by atoms with van der Waals surface area (Å²) in [7, 11) is 0. The molecule has 0 saturated carbocycles. The molecule has 1 fully saturated rings. The van der Waals surface area contributed by atoms with E-state index >= 15 is 0 Å². The van der Waals surface area contributed by atoms with Crippen LogP contribution in [0.15, 0.2) is 27.3 Å². The monoisotopic (exact) mass is 263 g/mol. The van der Waals surface area contributed by atoms with Crippen molar-refractivity contribution in [3.05, 3.63) is 24.3 Å². The van der Waals surface area contributed by atoms with Gasteiger partial charge in [-0.15, -0.1) is 0 Å². The minimum absolute atomic E-state index is 0.476. The van der Waals surface area contributed by atoms with E-state index in [9.17, 15) is 5.11 Å². The Morgan fingerprint density at radius 2 is 2.21 bits per heavy atom. The summed E-state index contributed by atoms with van der Waals surface area (Å²) in [5.41, 5.74) is -0.537. The molecule has 102 valence electrons. The van der Waals surface area contributed by atoms with Crippen molar-refractivity contribution in [1.82, 2.24) is 15.0 Å². The van der Waals surface area contributed by atoms with E-state index in [0.717, 1.165) is 25.9 Å². The number of hydrogen-bond donors (Lipinski definition) is 1. The third-order valence-electron chi connectivity index (χ3n) is 3.50. The lowest BCUT2D eigenvalue weighted by molar-refractivity contribution is -0.00944. The zero-order valence-corrected chi connectivity index (χ0v) is 10.9. The van der Waals surface area contributed by atoms with Gasteiger partial charge in [-0.3, -0.25) is 4.90 Å². The van der Waals surface area contributed by atoms with Crippen molar-refractivity contribution in [3.63, 3.8) is 0 Å². The summed E-state index contributed by atoms with van der Waals surface area (Å²) in [5, 5.41) is 13.8. The van der Waals surface area contributed by atoms with Crippen molar-refractivity contribution in [3.8, 4) is 11.6 Å². The number of likely N-dealkylation sites (tertiary alicyclic amines) is 1. The van der Waals surface area contributed by atoms with Crippen LogP contribution in [0, 0.1) is 0 Å². The lowest BCUT2D eigenvalue weighted by Gasteiger charge is -2.34. The van der Waals surface area contributed by atoms with Crippen LogP contribution in [0.5, 0.6) is 0 Å². The summed E-state index contributed by atoms with van der Waals surface area (Å²) in [6, 6.07) is 3.59. The lowest BCUT2D eigenvalue weighted by atomic mass is 9.94. The van der Waals surface area contributed by atoms with Gasteiger partial charge >= 0.3 is 0 Å². The van der Waals surface area contributed by atoms with E-state index in [4.69, 9.17) is 8.94 Å². The van der Waals surface area contributed by atoms with Crippen LogP contribution < -0.4 is 0 Å². The van der Waals surface area contributed by atoms with Gasteiger partial charge in [0.15, 0.2) is 5.76 Å². The molecule has 0 amide bonds. The minimum Gasteiger partial charge on any atom is -0.461 e. The van der Waals surface area contributed by atoms with Gasteiger partial charge < -0.3 is 14.0 Å². The van der Waals surface area contributed by atoms with Crippen molar-refractivity contribution in [1.29, 1.82) is 0 Å². The van der Waals surface area contributed by atoms with Gasteiger partial charge in [0.05, 0.1) is 18.4 Å². The van der Waals surface area contributed by atoms with Crippen LogP contribution in [0.3, 0.4) is 0 Å². The molecule has 0 unspecified atom stereocenters. The smallest absolute Gasteiger partial charge is 0.241 e. The van der Waals surface area contributed by atoms with Gasteiger partial charge in [0.25, 0.3) is 0 Å². The molecule has 1 saturated heterocycles. The van der Waals surface area contributed by atoms with Gasteiger partial charge in [-0.05, 0) is 31.9 Å². The average Bonchev–Trinajstić information content (AvgIpc) is 3.02. The van der Waals surface area contributed by atoms with E-state index in [1.807, 2.05) is 6.92 Å². The molecule has 2 aromatic heterocycles. The molecule has 2 aromatic rings. The number of piperidine rings is 1. The molecule has 1 aliphatic rings. The summed E-state index contributed by atoms with van der Waals surface area (Å²) in [4.78, 5) is 6.51. The van der Waals surface area contributed by atoms with Crippen molar-refractivity contribution in [2.45, 2.75) is 31.9 Å². The normalized spacial score (nSPS) is 19.7. The molecule has 3 rings (SSSR count). The SMILES string of the molecule is CC1(O)CCN(Cc2nc(-c3ccco3)no2)CC1. The van der Waals surface area contributed by atoms with E-state index in [-0.39, 0.29) is 0 Å². The van der Waals surface area contributed by atoms with Gasteiger partial charge in [-0.2, -0.15) is 4.98 Å². The van der Waals surface area contributed by atoms with Gasteiger partial charge in [-0.1, -0.05) is 5.16 Å². The van der Waals surface area contributed by atoms with E-state index < -0.39 is 5.60 Å². The molecule has 0 aliphatic carbocycles. The molecule has 0 aromatic carbocycles. The molecular weight excluding hydrogens is 246 g/mol. The summed E-state index contributed by atoms with van der Waals surface area (Å²) >= 11 is 0. The lowest BCUT2D eigenvalue weighted by Crippen LogP contribution is -2.42. The maximum Gasteiger partial charge on any atom is 0.241 e. The first-order chi connectivity index (χ1) is 9.12. The predicted octanol–water partition coefficient (Wildman–Crippen LogP) is 1.68. The van der Waals surface area contributed by atoms with Crippen molar-refractivity contribution < 1.29 is 14.0 Å². The van der Waals surface area contributed by atoms with E-state index in [1.165, 1.54) is 0 Å². The summed E-state index contributed by atoms with van der Waals surface area (Å²) < 4.78 is 10.4. The quantitative estimate of drug-likeness (QED) is 0.908. The van der Waals surface area contributed by atoms with Gasteiger partial charge in [0, 0.05) is 13.1 Å². The average molecular weight is 263 g/mol. The largest absolute Gasteiger partial charge is 0.461 e. The van der Waals surface area contributed by atoms with E-state index in [0.29, 0.717) is 24.0 Å². The standard InChI is InChI=1S/C13H17N3O3/c1-13(17)4-6-16(7-5-13)9-11-14-12(15-19-11)10-3-2-8-18-10/h2-3,8,17H,4-7,9H2,1H3. The maximum atomic E-state index is 9.90. The number of aliphatic hydroxyl groups is 1. The van der Waals surface area contributed by atoms with Crippen LogP contribution in [0.25, 0.3) is 11.6 Å². The second kappa shape index (κ2) is 4.79. The Labute approximate surface area is 111 Å². The first kappa shape index (κ1) is 12.4. The molecule has 1 N–H and O–H groups in total. The Balaban J connectivity index is 1.62. The molecule has 6 nitrogen and oxygen atoms in total. The fraction of sp³-hybridized carbons (Fsp3) is 0.538. The number of furan rings is 1. The first-order valence-electron chi connectivity index (χ1n) is 6.44. The Kier molecular flexibility index (Phi) is 3.12. The minimum atomic E-state index is -0.537. The molecular formula is C13H17N3O3. The van der Waals surface area contributed by atoms with E-state index in [1.54, 1.807) is 18.4 Å². The molecule has 0 bridgehead atoms. The highest BCUT2D eigenvalue weighted by molar-refractivity contribution is 5.44. The van der Waals surface area contributed by atoms with Crippen LogP contribution >= 0.6 is 0 Å². The van der Waals surface area contributed by atoms with Gasteiger partial charge in [0.1, 0.15) is 0 Å². The zero-order chi connectivity index (χ0) is 13.3. The van der Waals surface area contributed by atoms with Crippen LogP contribution in [0.1, 0.15) is 25.7 Å². The molecule has 6 heteroatoms. The Morgan fingerprint density at radius 1 is 1.42 bits per heavy atom. The molecule has 0 spiro atoms. The van der Waals surface area contributed by atoms with Crippen molar-refractivity contribution in [2.24, 2.45) is 0 Å². The number of nitrogens with zero attached hydrogens (tertiary/aromatic N) is 3. The number of aromatic nitrogens is 2. The highest BCUT2D eigenvalue weighted by Gasteiger charge is 2.28. The van der Waals surface area contributed by atoms with Gasteiger partial charge in [-0.25, -0.2) is 0 Å². The van der Waals surface area contributed by atoms with Crippen LogP contribution in [0.2, 0.25) is 0 Å². The Morgan fingerprint density at radius 3 is 2.89 bits per heavy atom. The number of rotatable bonds is 3. The summed E-state index contributed by atoms with van der Waals surface area (Å²) in [5.74, 6) is 1.66. The zero-order valence-electron chi connectivity index (χ0n) is 10.9. The van der Waals surface area contributed by atoms with Crippen LogP contribution in [-0.2, 0) is 6.54 Å². The molecule has 1 aliphatic heterocycles. The van der Waals surface area contributed by atoms with Crippen LogP contribution in [-0.4, -0.2) is 38.8 Å². The fourth-order valence-corrected chi connectivity index (χ4v) is 2.21. The Bertz CT molecular complexity index is 523. The summed E-state index contributed by atoms with van der Waals surface area (Å²) in [6.45, 7) is 4.17. The van der Waals surface area contributed by atoms with Crippen molar-refractivity contribution in [2.75, 3.05) is 13.1 Å². The molecule has 0 atom stereocenters. The third-order valence-corrected chi connectivity index (χ3v) is 3.50. The Hall–Kier alpha value is -1.66. The number of hydrogen-bond acceptors (Lipinski definition) is 6. The molecule has 3 heterocycles. The second-order valence-corrected chi connectivity index (χ2v) is 5.26. The second-order valence-electron chi connectivity index (χ2n) is 5.26. The molecule has 19 heavy (non-hydrogen) atoms. The van der Waals surface area contributed by atoms with Crippen LogP contribution in [0.4, 0.5) is 0 Å². The molecule has 0 radical (unpaired) electrons. The maximum absolute atomic E-state index is 9.90. The predicted molar refractivity (Wildman–Crippen MR) is 67.1 cm³/mol. The fourth-order valence-electron chi connectivity index (χ4n) is 2.21.